The minimum Gasteiger partial charge on any atom is -0.211 e. The zero-order valence-electron chi connectivity index (χ0n) is 6.05. The highest BCUT2D eigenvalue weighted by Gasteiger charge is 2.00. The first-order valence-corrected chi connectivity index (χ1v) is 3.21. The summed E-state index contributed by atoms with van der Waals surface area (Å²) in [6, 6.07) is 3.35. The van der Waals surface area contributed by atoms with Crippen LogP contribution < -0.4 is 0 Å². The van der Waals surface area contributed by atoms with Gasteiger partial charge < -0.3 is 0 Å². The van der Waals surface area contributed by atoms with Crippen LogP contribution in [0.2, 0.25) is 0 Å². The number of carbonyl (C=O) groups excluding carboxylic acids is 1. The van der Waals surface area contributed by atoms with Crippen LogP contribution in [0.5, 0.6) is 0 Å². The summed E-state index contributed by atoms with van der Waals surface area (Å²) in [5, 5.41) is 0. The Morgan fingerprint density at radius 2 is 2.08 bits per heavy atom. The predicted molar refractivity (Wildman–Crippen MR) is 38.2 cm³/mol. The summed E-state index contributed by atoms with van der Waals surface area (Å²) in [7, 11) is 0. The largest absolute Gasteiger partial charge is 0.235 e. The molecule has 4 heteroatoms. The van der Waals surface area contributed by atoms with E-state index >= 15 is 0 Å². The third-order valence-electron chi connectivity index (χ3n) is 1.31. The maximum Gasteiger partial charge on any atom is 0.235 e. The van der Waals surface area contributed by atoms with E-state index in [1.807, 2.05) is 0 Å². The van der Waals surface area contributed by atoms with Crippen molar-refractivity contribution in [3.05, 3.63) is 35.4 Å². The van der Waals surface area contributed by atoms with Gasteiger partial charge in [0, 0.05) is 0 Å². The van der Waals surface area contributed by atoms with Crippen LogP contribution in [-0.4, -0.2) is 6.08 Å². The smallest absolute Gasteiger partial charge is 0.211 e. The van der Waals surface area contributed by atoms with Crippen LogP contribution in [0.3, 0.4) is 0 Å². The molecular weight excluding hydrogens is 164 g/mol. The third kappa shape index (κ3) is 1.97. The van der Waals surface area contributed by atoms with Gasteiger partial charge in [-0.15, -0.1) is 0 Å². The van der Waals surface area contributed by atoms with Gasteiger partial charge in [-0.3, -0.25) is 0 Å². The Hall–Kier alpha value is -1.54. The number of hydrogen-bond acceptors (Lipinski definition) is 2. The summed E-state index contributed by atoms with van der Waals surface area (Å²) in [5.41, 5.74) is 0.442. The lowest BCUT2D eigenvalue weighted by Crippen LogP contribution is -1.87. The summed E-state index contributed by atoms with van der Waals surface area (Å²) in [4.78, 5) is 12.9. The van der Waals surface area contributed by atoms with Gasteiger partial charge in [0.2, 0.25) is 6.08 Å². The van der Waals surface area contributed by atoms with Gasteiger partial charge in [0.15, 0.2) is 11.6 Å². The number of isocyanates is 1. The highest BCUT2D eigenvalue weighted by molar-refractivity contribution is 5.33. The van der Waals surface area contributed by atoms with Gasteiger partial charge in [0.25, 0.3) is 0 Å². The van der Waals surface area contributed by atoms with Crippen molar-refractivity contribution >= 4 is 6.08 Å². The first-order valence-electron chi connectivity index (χ1n) is 3.21. The van der Waals surface area contributed by atoms with Gasteiger partial charge in [0.05, 0.1) is 6.54 Å². The average Bonchev–Trinajstić information content (AvgIpc) is 2.07. The third-order valence-corrected chi connectivity index (χ3v) is 1.31. The van der Waals surface area contributed by atoms with Gasteiger partial charge in [0.1, 0.15) is 0 Å². The highest BCUT2D eigenvalue weighted by atomic mass is 19.2. The van der Waals surface area contributed by atoms with Crippen LogP contribution in [0.15, 0.2) is 23.2 Å². The number of rotatable bonds is 2. The molecule has 0 saturated heterocycles. The number of aliphatic imine (C=N–C) groups is 1. The SMILES string of the molecule is O=C=NCc1ccc(F)c(F)c1. The van der Waals surface area contributed by atoms with E-state index < -0.39 is 11.6 Å². The van der Waals surface area contributed by atoms with Crippen LogP contribution in [0.1, 0.15) is 5.56 Å². The molecule has 0 aliphatic carbocycles. The molecule has 0 atom stereocenters. The lowest BCUT2D eigenvalue weighted by Gasteiger charge is -1.95. The molecule has 0 aliphatic rings. The molecule has 0 fully saturated rings. The number of benzene rings is 1. The quantitative estimate of drug-likeness (QED) is 0.490. The molecule has 0 aliphatic heterocycles. The van der Waals surface area contributed by atoms with E-state index in [0.717, 1.165) is 12.1 Å². The molecule has 0 heterocycles. The average molecular weight is 169 g/mol. The normalized spacial score (nSPS) is 9.17. The van der Waals surface area contributed by atoms with Crippen molar-refractivity contribution in [2.45, 2.75) is 6.54 Å². The molecule has 1 rings (SSSR count). The second-order valence-electron chi connectivity index (χ2n) is 2.16. The van der Waals surface area contributed by atoms with Crippen molar-refractivity contribution in [3.63, 3.8) is 0 Å². The molecule has 1 aromatic carbocycles. The standard InChI is InChI=1S/C8H5F2NO/c9-7-2-1-6(3-8(7)10)4-11-5-12/h1-3H,4H2. The Morgan fingerprint density at radius 3 is 2.67 bits per heavy atom. The molecule has 12 heavy (non-hydrogen) atoms. The second-order valence-corrected chi connectivity index (χ2v) is 2.16. The van der Waals surface area contributed by atoms with Gasteiger partial charge in [-0.2, -0.15) is 0 Å². The van der Waals surface area contributed by atoms with Gasteiger partial charge in [-0.25, -0.2) is 18.6 Å². The molecule has 0 saturated carbocycles. The van der Waals surface area contributed by atoms with Crippen molar-refractivity contribution in [3.8, 4) is 0 Å². The summed E-state index contributed by atoms with van der Waals surface area (Å²) >= 11 is 0. The fourth-order valence-corrected chi connectivity index (χ4v) is 0.762. The van der Waals surface area contributed by atoms with E-state index in [2.05, 4.69) is 4.99 Å². The molecule has 1 aromatic rings. The van der Waals surface area contributed by atoms with Gasteiger partial charge in [-0.05, 0) is 17.7 Å². The molecule has 62 valence electrons. The maximum absolute atomic E-state index is 12.5. The van der Waals surface area contributed by atoms with E-state index in [1.54, 1.807) is 0 Å². The molecular formula is C8H5F2NO. The van der Waals surface area contributed by atoms with E-state index in [0.29, 0.717) is 5.56 Å². The van der Waals surface area contributed by atoms with Crippen LogP contribution in [0, 0.1) is 11.6 Å². The summed E-state index contributed by atoms with van der Waals surface area (Å²) in [6.07, 6.45) is 1.31. The summed E-state index contributed by atoms with van der Waals surface area (Å²) < 4.78 is 24.8. The second kappa shape index (κ2) is 3.74. The topological polar surface area (TPSA) is 29.4 Å². The van der Waals surface area contributed by atoms with Crippen molar-refractivity contribution in [1.82, 2.24) is 0 Å². The van der Waals surface area contributed by atoms with E-state index in [9.17, 15) is 13.6 Å². The lowest BCUT2D eigenvalue weighted by atomic mass is 10.2. The molecule has 0 spiro atoms. The first-order chi connectivity index (χ1) is 5.74. The predicted octanol–water partition coefficient (Wildman–Crippen LogP) is 1.80. The van der Waals surface area contributed by atoms with Crippen molar-refractivity contribution in [1.29, 1.82) is 0 Å². The zero-order valence-corrected chi connectivity index (χ0v) is 6.05. The zero-order chi connectivity index (χ0) is 8.97. The van der Waals surface area contributed by atoms with Crippen molar-refractivity contribution in [2.24, 2.45) is 4.99 Å². The van der Waals surface area contributed by atoms with Crippen molar-refractivity contribution < 1.29 is 13.6 Å². The Kier molecular flexibility index (Phi) is 2.66. The Balaban J connectivity index is 2.89. The molecule has 0 radical (unpaired) electrons. The minimum atomic E-state index is -0.936. The molecule has 0 amide bonds. The van der Waals surface area contributed by atoms with Crippen molar-refractivity contribution in [2.75, 3.05) is 0 Å². The van der Waals surface area contributed by atoms with Gasteiger partial charge in [-0.1, -0.05) is 6.07 Å². The first kappa shape index (κ1) is 8.56. The van der Waals surface area contributed by atoms with E-state index in [1.165, 1.54) is 12.1 Å². The van der Waals surface area contributed by atoms with Crippen LogP contribution >= 0.6 is 0 Å². The molecule has 0 unspecified atom stereocenters. The van der Waals surface area contributed by atoms with Crippen LogP contribution in [0.4, 0.5) is 8.78 Å². The molecule has 0 bridgehead atoms. The highest BCUT2D eigenvalue weighted by Crippen LogP contribution is 2.08. The molecule has 0 aromatic heterocycles. The Labute approximate surface area is 67.5 Å². The molecule has 2 nitrogen and oxygen atoms in total. The van der Waals surface area contributed by atoms with Crippen LogP contribution in [-0.2, 0) is 11.3 Å². The maximum atomic E-state index is 12.5. The van der Waals surface area contributed by atoms with Crippen LogP contribution in [0.25, 0.3) is 0 Å². The fraction of sp³-hybridized carbons (Fsp3) is 0.125. The number of hydrogen-bond donors (Lipinski definition) is 0. The van der Waals surface area contributed by atoms with E-state index in [-0.39, 0.29) is 6.54 Å². The minimum absolute atomic E-state index is 0.0285. The Bertz CT molecular complexity index is 332. The summed E-state index contributed by atoms with van der Waals surface area (Å²) in [6.45, 7) is 0.0285. The fourth-order valence-electron chi connectivity index (χ4n) is 0.762. The number of halogens is 2. The van der Waals surface area contributed by atoms with E-state index in [4.69, 9.17) is 0 Å². The monoisotopic (exact) mass is 169 g/mol. The molecule has 0 N–H and O–H groups in total. The lowest BCUT2D eigenvalue weighted by molar-refractivity contribution is 0.507. The summed E-state index contributed by atoms with van der Waals surface area (Å²) in [5.74, 6) is -1.84. The Morgan fingerprint density at radius 1 is 1.33 bits per heavy atom. The number of nitrogens with zero attached hydrogens (tertiary/aromatic N) is 1. The van der Waals surface area contributed by atoms with Gasteiger partial charge >= 0.3 is 0 Å².